The molecule has 0 N–H and O–H groups in total. The molecule has 0 spiro atoms. The van der Waals surface area contributed by atoms with Crippen LogP contribution in [0.25, 0.3) is 11.3 Å². The summed E-state index contributed by atoms with van der Waals surface area (Å²) >= 11 is 0. The molecule has 2 aromatic rings. The standard InChI is InChI=1S/C23H32N4O/c1-5-6-20-10-21(25-16(4)24-20)18-8-22-19-7-17(13-27(22)23(28)9-18)12-26(14-19)11-15(2)3/h8-10,15,17,19H,5-7,11-14H2,1-4H3/t17-,19+/m0/s1. The molecule has 2 bridgehead atoms. The summed E-state index contributed by atoms with van der Waals surface area (Å²) in [7, 11) is 0. The van der Waals surface area contributed by atoms with Gasteiger partial charge in [-0.2, -0.15) is 0 Å². The van der Waals surface area contributed by atoms with Crippen LogP contribution in [0, 0.1) is 18.8 Å². The lowest BCUT2D eigenvalue weighted by atomic mass is 9.82. The Hall–Kier alpha value is -2.01. The number of hydrogen-bond donors (Lipinski definition) is 0. The smallest absolute Gasteiger partial charge is 0.251 e. The summed E-state index contributed by atoms with van der Waals surface area (Å²) < 4.78 is 2.02. The van der Waals surface area contributed by atoms with E-state index in [1.165, 1.54) is 12.1 Å². The van der Waals surface area contributed by atoms with Gasteiger partial charge < -0.3 is 9.47 Å². The molecule has 0 unspecified atom stereocenters. The number of aryl methyl sites for hydroxylation is 2. The van der Waals surface area contributed by atoms with Crippen molar-refractivity contribution in [3.05, 3.63) is 45.8 Å². The number of fused-ring (bicyclic) bond motifs is 4. The molecule has 2 atom stereocenters. The minimum absolute atomic E-state index is 0.118. The molecule has 0 radical (unpaired) electrons. The molecule has 0 aromatic carbocycles. The van der Waals surface area contributed by atoms with Gasteiger partial charge in [-0.1, -0.05) is 27.2 Å². The van der Waals surface area contributed by atoms with Crippen molar-refractivity contribution in [1.82, 2.24) is 19.4 Å². The Kier molecular flexibility index (Phi) is 5.37. The minimum atomic E-state index is 0.118. The average Bonchev–Trinajstić information content (AvgIpc) is 2.61. The van der Waals surface area contributed by atoms with Gasteiger partial charge in [-0.25, -0.2) is 9.97 Å². The zero-order valence-corrected chi connectivity index (χ0v) is 17.6. The van der Waals surface area contributed by atoms with Crippen LogP contribution in [0.15, 0.2) is 23.0 Å². The molecule has 0 aliphatic carbocycles. The van der Waals surface area contributed by atoms with E-state index in [0.29, 0.717) is 17.8 Å². The van der Waals surface area contributed by atoms with E-state index in [-0.39, 0.29) is 5.56 Å². The molecule has 2 aromatic heterocycles. The van der Waals surface area contributed by atoms with E-state index in [1.54, 1.807) is 6.07 Å². The fourth-order valence-corrected chi connectivity index (χ4v) is 5.03. The zero-order chi connectivity index (χ0) is 19.8. The molecule has 150 valence electrons. The molecule has 0 saturated carbocycles. The van der Waals surface area contributed by atoms with Crippen molar-refractivity contribution in [2.75, 3.05) is 19.6 Å². The molecule has 28 heavy (non-hydrogen) atoms. The summed E-state index contributed by atoms with van der Waals surface area (Å²) in [4.78, 5) is 24.7. The summed E-state index contributed by atoms with van der Waals surface area (Å²) in [6.07, 6.45) is 3.19. The van der Waals surface area contributed by atoms with E-state index in [1.807, 2.05) is 11.5 Å². The molecule has 2 aliphatic rings. The van der Waals surface area contributed by atoms with Crippen molar-refractivity contribution in [1.29, 1.82) is 0 Å². The van der Waals surface area contributed by atoms with Crippen LogP contribution in [0.2, 0.25) is 0 Å². The third kappa shape index (κ3) is 3.90. The summed E-state index contributed by atoms with van der Waals surface area (Å²) in [6, 6.07) is 6.05. The van der Waals surface area contributed by atoms with Gasteiger partial charge in [-0.3, -0.25) is 4.79 Å². The number of hydrogen-bond acceptors (Lipinski definition) is 4. The van der Waals surface area contributed by atoms with Crippen molar-refractivity contribution >= 4 is 0 Å². The zero-order valence-electron chi connectivity index (χ0n) is 17.6. The number of rotatable bonds is 5. The number of pyridine rings is 1. The highest BCUT2D eigenvalue weighted by Gasteiger charge is 2.35. The Morgan fingerprint density at radius 3 is 2.71 bits per heavy atom. The van der Waals surface area contributed by atoms with Crippen molar-refractivity contribution in [3.63, 3.8) is 0 Å². The first-order chi connectivity index (χ1) is 13.4. The second kappa shape index (κ2) is 7.78. The molecule has 0 amide bonds. The van der Waals surface area contributed by atoms with Gasteiger partial charge in [0.2, 0.25) is 0 Å². The van der Waals surface area contributed by atoms with Crippen molar-refractivity contribution in [3.8, 4) is 11.3 Å². The van der Waals surface area contributed by atoms with E-state index >= 15 is 0 Å². The van der Waals surface area contributed by atoms with E-state index in [0.717, 1.165) is 61.8 Å². The van der Waals surface area contributed by atoms with Crippen molar-refractivity contribution in [2.45, 2.75) is 59.4 Å². The van der Waals surface area contributed by atoms with Crippen LogP contribution in [-0.4, -0.2) is 39.1 Å². The topological polar surface area (TPSA) is 51.0 Å². The van der Waals surface area contributed by atoms with Crippen LogP contribution in [0.4, 0.5) is 0 Å². The van der Waals surface area contributed by atoms with E-state index in [2.05, 4.69) is 47.8 Å². The summed E-state index contributed by atoms with van der Waals surface area (Å²) in [5.74, 6) is 2.48. The lowest BCUT2D eigenvalue weighted by molar-refractivity contribution is 0.109. The second-order valence-electron chi connectivity index (χ2n) is 9.07. The van der Waals surface area contributed by atoms with Gasteiger partial charge in [0.1, 0.15) is 5.82 Å². The maximum atomic E-state index is 12.9. The Morgan fingerprint density at radius 2 is 1.96 bits per heavy atom. The van der Waals surface area contributed by atoms with Gasteiger partial charge in [0.05, 0.1) is 5.69 Å². The molecular formula is C23H32N4O. The Labute approximate surface area is 167 Å². The molecule has 1 fully saturated rings. The van der Waals surface area contributed by atoms with Gasteiger partial charge in [0, 0.05) is 55.1 Å². The molecule has 4 heterocycles. The normalized spacial score (nSPS) is 21.8. The fraction of sp³-hybridized carbons (Fsp3) is 0.609. The third-order valence-electron chi connectivity index (χ3n) is 5.95. The van der Waals surface area contributed by atoms with Crippen molar-refractivity contribution in [2.24, 2.45) is 11.8 Å². The lowest BCUT2D eigenvalue weighted by Gasteiger charge is -2.43. The Morgan fingerprint density at radius 1 is 1.14 bits per heavy atom. The monoisotopic (exact) mass is 380 g/mol. The molecule has 1 saturated heterocycles. The maximum absolute atomic E-state index is 12.9. The van der Waals surface area contributed by atoms with Crippen LogP contribution >= 0.6 is 0 Å². The second-order valence-corrected chi connectivity index (χ2v) is 9.07. The van der Waals surface area contributed by atoms with Gasteiger partial charge in [-0.15, -0.1) is 0 Å². The molecule has 4 rings (SSSR count). The highest BCUT2D eigenvalue weighted by atomic mass is 16.1. The van der Waals surface area contributed by atoms with Crippen LogP contribution in [0.1, 0.15) is 56.7 Å². The van der Waals surface area contributed by atoms with E-state index in [4.69, 9.17) is 0 Å². The maximum Gasteiger partial charge on any atom is 0.251 e. The minimum Gasteiger partial charge on any atom is -0.312 e. The first-order valence-corrected chi connectivity index (χ1v) is 10.7. The fourth-order valence-electron chi connectivity index (χ4n) is 5.03. The van der Waals surface area contributed by atoms with Gasteiger partial charge >= 0.3 is 0 Å². The Balaban J connectivity index is 1.71. The van der Waals surface area contributed by atoms with Crippen LogP contribution in [0.5, 0.6) is 0 Å². The van der Waals surface area contributed by atoms with Gasteiger partial charge in [0.15, 0.2) is 0 Å². The highest BCUT2D eigenvalue weighted by Crippen LogP contribution is 2.36. The van der Waals surface area contributed by atoms with Gasteiger partial charge in [0.25, 0.3) is 5.56 Å². The third-order valence-corrected chi connectivity index (χ3v) is 5.95. The SMILES string of the molecule is CCCc1cc(-c2cc3n(c(=O)c2)C[C@H]2C[C@@H]3CN(CC(C)C)C2)nc(C)n1. The molecule has 5 nitrogen and oxygen atoms in total. The quantitative estimate of drug-likeness (QED) is 0.795. The summed E-state index contributed by atoms with van der Waals surface area (Å²) in [5.41, 5.74) is 4.20. The molecule has 2 aliphatic heterocycles. The largest absolute Gasteiger partial charge is 0.312 e. The van der Waals surface area contributed by atoms with Crippen LogP contribution in [0.3, 0.4) is 0 Å². The predicted octanol–water partition coefficient (Wildman–Crippen LogP) is 3.64. The average molecular weight is 381 g/mol. The first-order valence-electron chi connectivity index (χ1n) is 10.7. The van der Waals surface area contributed by atoms with Crippen LogP contribution < -0.4 is 5.56 Å². The van der Waals surface area contributed by atoms with E-state index < -0.39 is 0 Å². The highest BCUT2D eigenvalue weighted by molar-refractivity contribution is 5.60. The predicted molar refractivity (Wildman–Crippen MR) is 113 cm³/mol. The first kappa shape index (κ1) is 19.3. The number of nitrogens with zero attached hydrogens (tertiary/aromatic N) is 4. The van der Waals surface area contributed by atoms with Gasteiger partial charge in [-0.05, 0) is 43.7 Å². The molecule has 5 heteroatoms. The number of piperidine rings is 1. The van der Waals surface area contributed by atoms with Crippen LogP contribution in [-0.2, 0) is 13.0 Å². The summed E-state index contributed by atoms with van der Waals surface area (Å²) in [5, 5.41) is 0. The number of likely N-dealkylation sites (tertiary alicyclic amines) is 1. The number of aromatic nitrogens is 3. The summed E-state index contributed by atoms with van der Waals surface area (Å²) in [6.45, 7) is 12.8. The van der Waals surface area contributed by atoms with Crippen molar-refractivity contribution < 1.29 is 0 Å². The van der Waals surface area contributed by atoms with E-state index in [9.17, 15) is 4.79 Å². The molecular weight excluding hydrogens is 348 g/mol. The lowest BCUT2D eigenvalue weighted by Crippen LogP contribution is -2.48. The Bertz CT molecular complexity index is 917.